The third-order valence-corrected chi connectivity index (χ3v) is 6.78. The average Bonchev–Trinajstić information content (AvgIpc) is 2.87. The number of nitrogens with one attached hydrogen (secondary N) is 1. The van der Waals surface area contributed by atoms with E-state index in [1.165, 1.54) is 19.2 Å². The largest absolute Gasteiger partial charge is 0.495 e. The molecule has 0 bridgehead atoms. The van der Waals surface area contributed by atoms with Crippen molar-refractivity contribution in [2.75, 3.05) is 31.6 Å². The lowest BCUT2D eigenvalue weighted by Gasteiger charge is -2.25. The highest BCUT2D eigenvalue weighted by Crippen LogP contribution is 2.34. The maximum Gasteiger partial charge on any atom is 0.262 e. The Bertz CT molecular complexity index is 1290. The van der Waals surface area contributed by atoms with Gasteiger partial charge >= 0.3 is 0 Å². The predicted molar refractivity (Wildman–Crippen MR) is 128 cm³/mol. The Kier molecular flexibility index (Phi) is 6.93. The summed E-state index contributed by atoms with van der Waals surface area (Å²) in [6.07, 6.45) is 0. The van der Waals surface area contributed by atoms with Crippen LogP contribution in [-0.2, 0) is 16.6 Å². The Morgan fingerprint density at radius 1 is 1.03 bits per heavy atom. The van der Waals surface area contributed by atoms with Crippen molar-refractivity contribution in [3.05, 3.63) is 77.9 Å². The highest BCUT2D eigenvalue weighted by Gasteiger charge is 2.23. The minimum absolute atomic E-state index is 0.0193. The van der Waals surface area contributed by atoms with Crippen LogP contribution < -0.4 is 18.9 Å². The van der Waals surface area contributed by atoms with Crippen LogP contribution in [-0.4, -0.2) is 46.1 Å². The van der Waals surface area contributed by atoms with Crippen LogP contribution in [0.5, 0.6) is 17.2 Å². The first-order valence-corrected chi connectivity index (χ1v) is 12.3. The van der Waals surface area contributed by atoms with E-state index >= 15 is 0 Å². The molecular weight excluding hydrogens is 456 g/mol. The lowest BCUT2D eigenvalue weighted by atomic mass is 10.1. The molecule has 1 aliphatic rings. The van der Waals surface area contributed by atoms with Crippen LogP contribution in [0.1, 0.15) is 22.8 Å². The van der Waals surface area contributed by atoms with Crippen LogP contribution >= 0.6 is 0 Å². The van der Waals surface area contributed by atoms with E-state index in [2.05, 4.69) is 4.72 Å². The Balaban J connectivity index is 1.57. The molecule has 1 N–H and O–H groups in total. The summed E-state index contributed by atoms with van der Waals surface area (Å²) < 4.78 is 45.2. The van der Waals surface area contributed by atoms with E-state index in [-0.39, 0.29) is 16.4 Å². The summed E-state index contributed by atoms with van der Waals surface area (Å²) in [5.74, 6) is 1.40. The molecule has 34 heavy (non-hydrogen) atoms. The molecule has 0 saturated heterocycles. The normalized spacial score (nSPS) is 12.6. The van der Waals surface area contributed by atoms with Crippen molar-refractivity contribution < 1.29 is 27.4 Å². The van der Waals surface area contributed by atoms with Crippen molar-refractivity contribution in [1.82, 2.24) is 4.90 Å². The second kappa shape index (κ2) is 10.0. The van der Waals surface area contributed by atoms with E-state index in [4.69, 9.17) is 14.2 Å². The van der Waals surface area contributed by atoms with E-state index in [9.17, 15) is 13.2 Å². The van der Waals surface area contributed by atoms with Gasteiger partial charge in [0.25, 0.3) is 15.9 Å². The van der Waals surface area contributed by atoms with E-state index < -0.39 is 10.0 Å². The van der Waals surface area contributed by atoms with Crippen molar-refractivity contribution in [2.45, 2.75) is 18.4 Å². The molecule has 0 aliphatic carbocycles. The Morgan fingerprint density at radius 3 is 2.59 bits per heavy atom. The number of ether oxygens (including phenoxy) is 3. The first kappa shape index (κ1) is 23.4. The first-order valence-electron chi connectivity index (χ1n) is 10.9. The molecule has 3 aromatic rings. The van der Waals surface area contributed by atoms with Crippen molar-refractivity contribution in [2.24, 2.45) is 0 Å². The van der Waals surface area contributed by atoms with Gasteiger partial charge in [0.05, 0.1) is 17.7 Å². The van der Waals surface area contributed by atoms with Gasteiger partial charge in [-0.25, -0.2) is 8.42 Å². The zero-order chi connectivity index (χ0) is 24.1. The molecule has 0 radical (unpaired) electrons. The van der Waals surface area contributed by atoms with Gasteiger partial charge in [-0.15, -0.1) is 0 Å². The zero-order valence-corrected chi connectivity index (χ0v) is 19.8. The van der Waals surface area contributed by atoms with Crippen molar-refractivity contribution in [3.63, 3.8) is 0 Å². The maximum atomic E-state index is 13.3. The summed E-state index contributed by atoms with van der Waals surface area (Å²) in [7, 11) is -2.48. The second-order valence-corrected chi connectivity index (χ2v) is 9.28. The molecule has 0 aromatic heterocycles. The van der Waals surface area contributed by atoms with Crippen LogP contribution in [0.4, 0.5) is 5.69 Å². The fourth-order valence-corrected chi connectivity index (χ4v) is 4.82. The van der Waals surface area contributed by atoms with E-state index in [0.717, 1.165) is 5.56 Å². The minimum atomic E-state index is -3.94. The fourth-order valence-electron chi connectivity index (χ4n) is 3.70. The minimum Gasteiger partial charge on any atom is -0.495 e. The van der Waals surface area contributed by atoms with Crippen LogP contribution in [0.15, 0.2) is 71.6 Å². The van der Waals surface area contributed by atoms with E-state index in [1.807, 2.05) is 25.1 Å². The average molecular weight is 483 g/mol. The standard InChI is InChI=1S/C25H26N2O6S/c1-3-27(17-19-9-7-13-23-24(19)33-15-14-32-23)25(28)18-8-6-10-20(16-18)34(29,30)26-21-11-4-5-12-22(21)31-2/h4-13,16,26H,3,14-15,17H2,1-2H3. The maximum absolute atomic E-state index is 13.3. The molecule has 3 aromatic carbocycles. The van der Waals surface area contributed by atoms with Crippen molar-refractivity contribution in [1.29, 1.82) is 0 Å². The number of benzene rings is 3. The lowest BCUT2D eigenvalue weighted by molar-refractivity contribution is 0.0749. The molecule has 1 amide bonds. The van der Waals surface area contributed by atoms with Gasteiger partial charge in [0.1, 0.15) is 19.0 Å². The van der Waals surface area contributed by atoms with E-state index in [1.54, 1.807) is 41.3 Å². The molecule has 0 spiro atoms. The number of methoxy groups -OCH3 is 1. The molecule has 8 nitrogen and oxygen atoms in total. The number of carbonyl (C=O) groups excluding carboxylic acids is 1. The van der Waals surface area contributed by atoms with Crippen LogP contribution in [0.25, 0.3) is 0 Å². The van der Waals surface area contributed by atoms with Gasteiger partial charge in [-0.1, -0.05) is 30.3 Å². The molecule has 0 fully saturated rings. The summed E-state index contributed by atoms with van der Waals surface area (Å²) in [5, 5.41) is 0. The van der Waals surface area contributed by atoms with E-state index in [0.29, 0.717) is 49.2 Å². The second-order valence-electron chi connectivity index (χ2n) is 7.59. The summed E-state index contributed by atoms with van der Waals surface area (Å²) >= 11 is 0. The summed E-state index contributed by atoms with van der Waals surface area (Å²) in [4.78, 5) is 14.9. The number of para-hydroxylation sites is 3. The predicted octanol–water partition coefficient (Wildman–Crippen LogP) is 3.93. The van der Waals surface area contributed by atoms with Gasteiger partial charge in [-0.3, -0.25) is 9.52 Å². The number of nitrogens with zero attached hydrogens (tertiary/aromatic N) is 1. The molecule has 1 heterocycles. The Hall–Kier alpha value is -3.72. The summed E-state index contributed by atoms with van der Waals surface area (Å²) in [6.45, 7) is 3.53. The number of hydrogen-bond acceptors (Lipinski definition) is 6. The molecule has 178 valence electrons. The SMILES string of the molecule is CCN(Cc1cccc2c1OCCO2)C(=O)c1cccc(S(=O)(=O)Nc2ccccc2OC)c1. The topological polar surface area (TPSA) is 94.2 Å². The number of hydrogen-bond donors (Lipinski definition) is 1. The Morgan fingerprint density at radius 2 is 1.79 bits per heavy atom. The smallest absolute Gasteiger partial charge is 0.262 e. The molecule has 0 atom stereocenters. The molecule has 0 unspecified atom stereocenters. The highest BCUT2D eigenvalue weighted by atomic mass is 32.2. The third-order valence-electron chi connectivity index (χ3n) is 5.42. The number of rotatable bonds is 8. The quantitative estimate of drug-likeness (QED) is 0.523. The number of fused-ring (bicyclic) bond motifs is 1. The van der Waals surface area contributed by atoms with Crippen LogP contribution in [0, 0.1) is 0 Å². The summed E-state index contributed by atoms with van der Waals surface area (Å²) in [5.41, 5.74) is 1.41. The zero-order valence-electron chi connectivity index (χ0n) is 19.0. The number of anilines is 1. The van der Waals surface area contributed by atoms with Gasteiger partial charge in [0.2, 0.25) is 0 Å². The molecule has 9 heteroatoms. The van der Waals surface area contributed by atoms with Gasteiger partial charge in [-0.05, 0) is 43.3 Å². The molecule has 0 saturated carbocycles. The lowest BCUT2D eigenvalue weighted by Crippen LogP contribution is -2.31. The molecule has 4 rings (SSSR count). The molecule has 1 aliphatic heterocycles. The Labute approximate surface area is 199 Å². The van der Waals surface area contributed by atoms with Crippen LogP contribution in [0.3, 0.4) is 0 Å². The van der Waals surface area contributed by atoms with Gasteiger partial charge in [-0.2, -0.15) is 0 Å². The first-order chi connectivity index (χ1) is 16.4. The van der Waals surface area contributed by atoms with Gasteiger partial charge < -0.3 is 19.1 Å². The number of sulfonamides is 1. The van der Waals surface area contributed by atoms with Gasteiger partial charge in [0.15, 0.2) is 11.5 Å². The summed E-state index contributed by atoms with van der Waals surface area (Å²) in [6, 6.07) is 18.3. The van der Waals surface area contributed by atoms with Crippen LogP contribution in [0.2, 0.25) is 0 Å². The monoisotopic (exact) mass is 482 g/mol. The van der Waals surface area contributed by atoms with Crippen molar-refractivity contribution in [3.8, 4) is 17.2 Å². The van der Waals surface area contributed by atoms with Crippen molar-refractivity contribution >= 4 is 21.6 Å². The fraction of sp³-hybridized carbons (Fsp3) is 0.240. The third kappa shape index (κ3) is 4.94. The highest BCUT2D eigenvalue weighted by molar-refractivity contribution is 7.92. The van der Waals surface area contributed by atoms with Gasteiger partial charge in [0, 0.05) is 24.2 Å². The molecular formula is C25H26N2O6S. The number of amides is 1. The number of carbonyl (C=O) groups is 1.